The van der Waals surface area contributed by atoms with E-state index in [2.05, 4.69) is 0 Å². The van der Waals surface area contributed by atoms with E-state index in [1.54, 1.807) is 6.08 Å². The quantitative estimate of drug-likeness (QED) is 0.397. The first-order valence-corrected chi connectivity index (χ1v) is 2.69. The maximum absolute atomic E-state index is 5.55. The summed E-state index contributed by atoms with van der Waals surface area (Å²) in [7, 11) is 0. The summed E-state index contributed by atoms with van der Waals surface area (Å²) in [5.41, 5.74) is 1.36. The Balaban J connectivity index is 2.40. The van der Waals surface area contributed by atoms with Crippen molar-refractivity contribution in [3.63, 3.8) is 0 Å². The summed E-state index contributed by atoms with van der Waals surface area (Å²) in [5, 5.41) is -0.540. The molecular formula is C4H4Cl2O. The van der Waals surface area contributed by atoms with Crippen LogP contribution in [0.25, 0.3) is 0 Å². The van der Waals surface area contributed by atoms with Gasteiger partial charge in [-0.15, -0.1) is 0 Å². The van der Waals surface area contributed by atoms with E-state index in [0.717, 1.165) is 0 Å². The van der Waals surface area contributed by atoms with Crippen LogP contribution in [0.4, 0.5) is 0 Å². The molecule has 1 saturated heterocycles. The highest BCUT2D eigenvalue weighted by Crippen LogP contribution is 2.32. The van der Waals surface area contributed by atoms with Crippen LogP contribution in [0.3, 0.4) is 0 Å². The molecule has 1 fully saturated rings. The van der Waals surface area contributed by atoms with Crippen molar-refractivity contribution in [3.05, 3.63) is 11.6 Å². The first-order valence-electron chi connectivity index (χ1n) is 1.88. The lowest BCUT2D eigenvalue weighted by Crippen LogP contribution is -1.89. The van der Waals surface area contributed by atoms with Crippen LogP contribution >= 0.6 is 23.2 Å². The van der Waals surface area contributed by atoms with Gasteiger partial charge >= 0.3 is 0 Å². The molecule has 1 unspecified atom stereocenters. The molecule has 3 heteroatoms. The zero-order valence-corrected chi connectivity index (χ0v) is 5.04. The Bertz CT molecular complexity index is 95.9. The van der Waals surface area contributed by atoms with Crippen LogP contribution in [-0.4, -0.2) is 11.7 Å². The van der Waals surface area contributed by atoms with Crippen molar-refractivity contribution >= 4 is 23.2 Å². The normalized spacial score (nSPS) is 39.7. The summed E-state index contributed by atoms with van der Waals surface area (Å²) in [6.45, 7) is 0.581. The van der Waals surface area contributed by atoms with Gasteiger partial charge in [-0.05, 0) is 6.08 Å². The molecule has 0 bridgehead atoms. The molecule has 0 saturated carbocycles. The molecular weight excluding hydrogens is 135 g/mol. The van der Waals surface area contributed by atoms with Gasteiger partial charge in [-0.3, -0.25) is 0 Å². The van der Waals surface area contributed by atoms with Gasteiger partial charge in [0.05, 0.1) is 6.61 Å². The lowest BCUT2D eigenvalue weighted by Gasteiger charge is -1.84. The molecule has 0 spiro atoms. The monoisotopic (exact) mass is 138 g/mol. The number of halogens is 2. The van der Waals surface area contributed by atoms with E-state index in [1.165, 1.54) is 5.54 Å². The third kappa shape index (κ3) is 1.34. The number of epoxide rings is 1. The summed E-state index contributed by atoms with van der Waals surface area (Å²) >= 11 is 10.7. The smallest absolute Gasteiger partial charge is 0.185 e. The first kappa shape index (κ1) is 5.42. The third-order valence-electron chi connectivity index (χ3n) is 0.732. The molecule has 0 amide bonds. The van der Waals surface area contributed by atoms with Gasteiger partial charge in [0.2, 0.25) is 0 Å². The van der Waals surface area contributed by atoms with Crippen LogP contribution in [0.15, 0.2) is 11.6 Å². The lowest BCUT2D eigenvalue weighted by atomic mass is 10.5. The molecule has 1 aliphatic heterocycles. The van der Waals surface area contributed by atoms with E-state index in [1.807, 2.05) is 0 Å². The van der Waals surface area contributed by atoms with Crippen molar-refractivity contribution in [1.82, 2.24) is 0 Å². The standard InChI is InChI=1S/C4H4Cl2O/c5-2-1-4(6)3-7-4/h1-2H,3H2. The highest BCUT2D eigenvalue weighted by Gasteiger charge is 2.39. The molecule has 0 radical (unpaired) electrons. The molecule has 0 aromatic carbocycles. The maximum atomic E-state index is 5.55. The predicted molar refractivity (Wildman–Crippen MR) is 29.5 cm³/mol. The van der Waals surface area contributed by atoms with Crippen molar-refractivity contribution in [2.75, 3.05) is 6.61 Å². The Hall–Kier alpha value is 0.280. The van der Waals surface area contributed by atoms with Gasteiger partial charge in [0.1, 0.15) is 0 Å². The average Bonchev–Trinajstić information content (AvgIpc) is 2.22. The highest BCUT2D eigenvalue weighted by molar-refractivity contribution is 6.29. The summed E-state index contributed by atoms with van der Waals surface area (Å²) in [6.07, 6.45) is 1.61. The lowest BCUT2D eigenvalue weighted by molar-refractivity contribution is 0.417. The van der Waals surface area contributed by atoms with Gasteiger partial charge in [0, 0.05) is 5.54 Å². The topological polar surface area (TPSA) is 12.5 Å². The van der Waals surface area contributed by atoms with E-state index in [0.29, 0.717) is 6.61 Å². The Morgan fingerprint density at radius 2 is 2.29 bits per heavy atom. The molecule has 1 rings (SSSR count). The Morgan fingerprint density at radius 3 is 2.43 bits per heavy atom. The fourth-order valence-electron chi connectivity index (χ4n) is 0.259. The van der Waals surface area contributed by atoms with Crippen molar-refractivity contribution in [2.45, 2.75) is 5.06 Å². The van der Waals surface area contributed by atoms with Crippen LogP contribution in [0.1, 0.15) is 0 Å². The second kappa shape index (κ2) is 1.66. The fraction of sp³-hybridized carbons (Fsp3) is 0.500. The van der Waals surface area contributed by atoms with E-state index in [9.17, 15) is 0 Å². The predicted octanol–water partition coefficient (Wildman–Crippen LogP) is 1.70. The minimum Gasteiger partial charge on any atom is -0.349 e. The van der Waals surface area contributed by atoms with Crippen LogP contribution in [0.2, 0.25) is 0 Å². The minimum absolute atomic E-state index is 0.540. The van der Waals surface area contributed by atoms with Crippen molar-refractivity contribution in [2.24, 2.45) is 0 Å². The fourth-order valence-corrected chi connectivity index (χ4v) is 0.645. The molecule has 0 aromatic rings. The molecule has 1 heterocycles. The third-order valence-corrected chi connectivity index (χ3v) is 1.20. The van der Waals surface area contributed by atoms with Crippen LogP contribution in [0, 0.1) is 0 Å². The average molecular weight is 139 g/mol. The SMILES string of the molecule is ClC=CC1(Cl)CO1. The molecule has 40 valence electrons. The number of ether oxygens (including phenoxy) is 1. The maximum Gasteiger partial charge on any atom is 0.185 e. The van der Waals surface area contributed by atoms with Gasteiger partial charge in [0.15, 0.2) is 5.06 Å². The summed E-state index contributed by atoms with van der Waals surface area (Å²) in [5.74, 6) is 0. The van der Waals surface area contributed by atoms with Gasteiger partial charge < -0.3 is 4.74 Å². The molecule has 0 aliphatic carbocycles. The van der Waals surface area contributed by atoms with Gasteiger partial charge in [-0.25, -0.2) is 0 Å². The molecule has 7 heavy (non-hydrogen) atoms. The summed E-state index contributed by atoms with van der Waals surface area (Å²) in [6, 6.07) is 0. The van der Waals surface area contributed by atoms with Gasteiger partial charge in [0.25, 0.3) is 0 Å². The van der Waals surface area contributed by atoms with Crippen molar-refractivity contribution in [3.8, 4) is 0 Å². The summed E-state index contributed by atoms with van der Waals surface area (Å²) < 4.78 is 4.73. The van der Waals surface area contributed by atoms with E-state index >= 15 is 0 Å². The number of hydrogen-bond donors (Lipinski definition) is 0. The zero-order chi connectivity index (χ0) is 5.33. The minimum atomic E-state index is -0.540. The molecule has 1 atom stereocenters. The van der Waals surface area contributed by atoms with Crippen molar-refractivity contribution in [1.29, 1.82) is 0 Å². The zero-order valence-electron chi connectivity index (χ0n) is 3.53. The second-order valence-electron chi connectivity index (χ2n) is 1.37. The van der Waals surface area contributed by atoms with Crippen LogP contribution in [0.5, 0.6) is 0 Å². The van der Waals surface area contributed by atoms with Crippen LogP contribution < -0.4 is 0 Å². The summed E-state index contributed by atoms with van der Waals surface area (Å²) in [4.78, 5) is 0. The molecule has 0 N–H and O–H groups in total. The van der Waals surface area contributed by atoms with E-state index in [4.69, 9.17) is 27.9 Å². The number of rotatable bonds is 1. The second-order valence-corrected chi connectivity index (χ2v) is 2.26. The number of alkyl halides is 1. The molecule has 0 aromatic heterocycles. The largest absolute Gasteiger partial charge is 0.349 e. The van der Waals surface area contributed by atoms with Gasteiger partial charge in [-0.2, -0.15) is 0 Å². The molecule has 1 aliphatic rings. The van der Waals surface area contributed by atoms with Crippen molar-refractivity contribution < 1.29 is 4.74 Å². The van der Waals surface area contributed by atoms with Crippen LogP contribution in [-0.2, 0) is 4.74 Å². The highest BCUT2D eigenvalue weighted by atomic mass is 35.5. The van der Waals surface area contributed by atoms with Gasteiger partial charge in [-0.1, -0.05) is 23.2 Å². The van der Waals surface area contributed by atoms with E-state index < -0.39 is 5.06 Å². The first-order chi connectivity index (χ1) is 3.27. The molecule has 1 nitrogen and oxygen atoms in total. The Morgan fingerprint density at radius 1 is 1.71 bits per heavy atom. The van der Waals surface area contributed by atoms with E-state index in [-0.39, 0.29) is 0 Å². The number of hydrogen-bond acceptors (Lipinski definition) is 1. The Kier molecular flexibility index (Phi) is 1.28. The Labute approximate surface area is 51.9 Å².